The van der Waals surface area contributed by atoms with Gasteiger partial charge >= 0.3 is 17.9 Å². The lowest BCUT2D eigenvalue weighted by atomic mass is 10.3. The molecule has 1 heterocycles. The Morgan fingerprint density at radius 1 is 0.564 bits per heavy atom. The highest BCUT2D eigenvalue weighted by Gasteiger charge is 2.21. The summed E-state index contributed by atoms with van der Waals surface area (Å²) in [5.41, 5.74) is 0. The van der Waals surface area contributed by atoms with E-state index in [4.69, 9.17) is 20.6 Å². The molecule has 1 rings (SSSR count). The molecule has 1 aliphatic heterocycles. The summed E-state index contributed by atoms with van der Waals surface area (Å²) in [4.78, 5) is 45.8. The van der Waals surface area contributed by atoms with E-state index in [0.717, 1.165) is 38.5 Å². The third kappa shape index (κ3) is 17.9. The maximum absolute atomic E-state index is 12.5. The van der Waals surface area contributed by atoms with Crippen molar-refractivity contribution >= 4 is 17.9 Å². The summed E-state index contributed by atoms with van der Waals surface area (Å²) < 4.78 is 16.2. The summed E-state index contributed by atoms with van der Waals surface area (Å²) in [6, 6.07) is 0. The highest BCUT2D eigenvalue weighted by atomic mass is 16.5. The van der Waals surface area contributed by atoms with Crippen LogP contribution in [0.1, 0.15) is 59.3 Å². The van der Waals surface area contributed by atoms with Crippen molar-refractivity contribution in [2.45, 2.75) is 59.3 Å². The summed E-state index contributed by atoms with van der Waals surface area (Å²) in [5.74, 6) is 1.99. The van der Waals surface area contributed by atoms with E-state index in [-0.39, 0.29) is 37.5 Å². The molecule has 1 aliphatic rings. The molecule has 1 fully saturated rings. The molecule has 0 unspecified atom stereocenters. The molecule has 0 atom stereocenters. The average Bonchev–Trinajstić information content (AvgIpc) is 2.90. The standard InChI is InChI=1S/C29H52N4O6/c1-5-9-21-37-27(34)24-31-15-13-30(12-8-4)14-16-32(25-28(35)38-22-10-6-2)18-20-33(19-17-31)26-29(36)39-23-11-7-3/h4H,5-7,9-26H2,1-3H3. The number of esters is 3. The maximum Gasteiger partial charge on any atom is 0.320 e. The van der Waals surface area contributed by atoms with E-state index in [2.05, 4.69) is 41.4 Å². The first-order valence-corrected chi connectivity index (χ1v) is 14.7. The maximum atomic E-state index is 12.5. The normalized spacial score (nSPS) is 17.0. The van der Waals surface area contributed by atoms with Gasteiger partial charge in [0.2, 0.25) is 0 Å². The third-order valence-corrected chi connectivity index (χ3v) is 6.59. The Hall–Kier alpha value is -2.19. The molecule has 10 nitrogen and oxygen atoms in total. The van der Waals surface area contributed by atoms with Gasteiger partial charge in [-0.2, -0.15) is 0 Å². The van der Waals surface area contributed by atoms with E-state index >= 15 is 0 Å². The Labute approximate surface area is 236 Å². The summed E-state index contributed by atoms with van der Waals surface area (Å²) in [6.07, 6.45) is 11.1. The highest BCUT2D eigenvalue weighted by Crippen LogP contribution is 2.03. The van der Waals surface area contributed by atoms with Gasteiger partial charge in [-0.1, -0.05) is 46.0 Å². The molecule has 1 saturated heterocycles. The SMILES string of the molecule is C#CCN1CCN(CC(=O)OCCCC)CCN(CC(=O)OCCCC)CCN(CC(=O)OCCCC)CC1. The van der Waals surface area contributed by atoms with Crippen LogP contribution in [0.3, 0.4) is 0 Å². The second-order valence-electron chi connectivity index (χ2n) is 10.0. The van der Waals surface area contributed by atoms with E-state index < -0.39 is 0 Å². The Kier molecular flexibility index (Phi) is 20.2. The molecule has 0 aromatic rings. The van der Waals surface area contributed by atoms with Crippen LogP contribution >= 0.6 is 0 Å². The molecule has 0 radical (unpaired) electrons. The van der Waals surface area contributed by atoms with E-state index in [1.54, 1.807) is 0 Å². The average molecular weight is 553 g/mol. The number of nitrogens with zero attached hydrogens (tertiary/aromatic N) is 4. The van der Waals surface area contributed by atoms with Crippen molar-refractivity contribution in [2.75, 3.05) is 98.4 Å². The van der Waals surface area contributed by atoms with Crippen molar-refractivity contribution in [3.8, 4) is 12.3 Å². The summed E-state index contributed by atoms with van der Waals surface area (Å²) >= 11 is 0. The lowest BCUT2D eigenvalue weighted by molar-refractivity contribution is -0.147. The van der Waals surface area contributed by atoms with Gasteiger partial charge in [0.05, 0.1) is 46.0 Å². The smallest absolute Gasteiger partial charge is 0.320 e. The molecular formula is C29H52N4O6. The van der Waals surface area contributed by atoms with Gasteiger partial charge in [0.1, 0.15) is 0 Å². The van der Waals surface area contributed by atoms with Crippen LogP contribution in [0.2, 0.25) is 0 Å². The van der Waals surface area contributed by atoms with Crippen LogP contribution in [0.4, 0.5) is 0 Å². The van der Waals surface area contributed by atoms with Crippen LogP contribution in [0.15, 0.2) is 0 Å². The van der Waals surface area contributed by atoms with Crippen molar-refractivity contribution in [3.63, 3.8) is 0 Å². The van der Waals surface area contributed by atoms with Crippen molar-refractivity contribution < 1.29 is 28.6 Å². The van der Waals surface area contributed by atoms with Crippen LogP contribution < -0.4 is 0 Å². The van der Waals surface area contributed by atoms with Gasteiger partial charge in [-0.25, -0.2) is 0 Å². The van der Waals surface area contributed by atoms with Gasteiger partial charge in [-0.3, -0.25) is 34.0 Å². The number of ether oxygens (including phenoxy) is 3. The fourth-order valence-electron chi connectivity index (χ4n) is 4.02. The number of hydrogen-bond acceptors (Lipinski definition) is 10. The van der Waals surface area contributed by atoms with E-state index in [1.165, 1.54) is 0 Å². The van der Waals surface area contributed by atoms with E-state index in [9.17, 15) is 14.4 Å². The molecule has 0 N–H and O–H groups in total. The topological polar surface area (TPSA) is 91.9 Å². The fourth-order valence-corrected chi connectivity index (χ4v) is 4.02. The first-order chi connectivity index (χ1) is 18.9. The molecule has 0 amide bonds. The number of carbonyl (C=O) groups excluding carboxylic acids is 3. The minimum Gasteiger partial charge on any atom is -0.465 e. The minimum atomic E-state index is -0.258. The first kappa shape index (κ1) is 34.8. The predicted molar refractivity (Wildman–Crippen MR) is 152 cm³/mol. The molecule has 224 valence electrons. The van der Waals surface area contributed by atoms with Gasteiger partial charge < -0.3 is 14.2 Å². The first-order valence-electron chi connectivity index (χ1n) is 14.7. The van der Waals surface area contributed by atoms with Crippen LogP contribution in [0.5, 0.6) is 0 Å². The van der Waals surface area contributed by atoms with Gasteiger partial charge in [-0.15, -0.1) is 6.42 Å². The van der Waals surface area contributed by atoms with Crippen LogP contribution in [0, 0.1) is 12.3 Å². The molecular weight excluding hydrogens is 500 g/mol. The molecule has 39 heavy (non-hydrogen) atoms. The molecule has 10 heteroatoms. The lowest BCUT2D eigenvalue weighted by Crippen LogP contribution is -2.48. The van der Waals surface area contributed by atoms with Gasteiger partial charge in [0.15, 0.2) is 0 Å². The zero-order valence-corrected chi connectivity index (χ0v) is 24.7. The minimum absolute atomic E-state index is 0.163. The summed E-state index contributed by atoms with van der Waals surface area (Å²) in [5, 5.41) is 0. The van der Waals surface area contributed by atoms with Gasteiger partial charge in [0.25, 0.3) is 0 Å². The fraction of sp³-hybridized carbons (Fsp3) is 0.828. The second kappa shape index (κ2) is 22.6. The number of unbranched alkanes of at least 4 members (excludes halogenated alkanes) is 3. The molecule has 0 saturated carbocycles. The third-order valence-electron chi connectivity index (χ3n) is 6.59. The van der Waals surface area contributed by atoms with E-state index in [0.29, 0.717) is 78.7 Å². The summed E-state index contributed by atoms with van der Waals surface area (Å²) in [6.45, 7) is 13.5. The van der Waals surface area contributed by atoms with Crippen molar-refractivity contribution in [2.24, 2.45) is 0 Å². The van der Waals surface area contributed by atoms with E-state index in [1.807, 2.05) is 4.90 Å². The molecule has 0 bridgehead atoms. The quantitative estimate of drug-likeness (QED) is 0.122. The Bertz CT molecular complexity index is 689. The van der Waals surface area contributed by atoms with Crippen LogP contribution in [0.25, 0.3) is 0 Å². The number of hydrogen-bond donors (Lipinski definition) is 0. The second-order valence-corrected chi connectivity index (χ2v) is 10.0. The van der Waals surface area contributed by atoms with Crippen molar-refractivity contribution in [1.29, 1.82) is 0 Å². The zero-order valence-electron chi connectivity index (χ0n) is 24.7. The van der Waals surface area contributed by atoms with Gasteiger partial charge in [-0.05, 0) is 19.3 Å². The number of terminal acetylenes is 1. The largest absolute Gasteiger partial charge is 0.465 e. The van der Waals surface area contributed by atoms with Crippen LogP contribution in [-0.2, 0) is 28.6 Å². The number of carbonyl (C=O) groups is 3. The molecule has 0 aliphatic carbocycles. The highest BCUT2D eigenvalue weighted by molar-refractivity contribution is 5.72. The summed E-state index contributed by atoms with van der Waals surface area (Å²) in [7, 11) is 0. The van der Waals surface area contributed by atoms with Gasteiger partial charge in [0, 0.05) is 52.4 Å². The molecule has 0 aromatic heterocycles. The van der Waals surface area contributed by atoms with Crippen molar-refractivity contribution in [1.82, 2.24) is 19.6 Å². The van der Waals surface area contributed by atoms with Crippen LogP contribution in [-0.4, -0.2) is 136 Å². The van der Waals surface area contributed by atoms with Crippen molar-refractivity contribution in [3.05, 3.63) is 0 Å². The Balaban J connectivity index is 2.93. The Morgan fingerprint density at radius 3 is 1.10 bits per heavy atom. The Morgan fingerprint density at radius 2 is 0.846 bits per heavy atom. The monoisotopic (exact) mass is 552 g/mol. The number of rotatable bonds is 16. The lowest BCUT2D eigenvalue weighted by Gasteiger charge is -2.33. The predicted octanol–water partition coefficient (Wildman–Crippen LogP) is 1.87. The zero-order chi connectivity index (χ0) is 28.7. The molecule has 0 spiro atoms. The molecule has 0 aromatic carbocycles.